The Balaban J connectivity index is 1.69. The fourth-order valence-electron chi connectivity index (χ4n) is 3.37. The number of hydrogen-bond acceptors (Lipinski definition) is 5. The predicted octanol–water partition coefficient (Wildman–Crippen LogP) is 3.13. The summed E-state index contributed by atoms with van der Waals surface area (Å²) in [4.78, 5) is 25.4. The van der Waals surface area contributed by atoms with Gasteiger partial charge in [0.15, 0.2) is 0 Å². The highest BCUT2D eigenvalue weighted by Crippen LogP contribution is 2.29. The molecular weight excluding hydrogens is 310 g/mol. The van der Waals surface area contributed by atoms with Crippen LogP contribution in [0.3, 0.4) is 0 Å². The second-order valence-corrected chi connectivity index (χ2v) is 7.80. The molecule has 0 N–H and O–H groups in total. The van der Waals surface area contributed by atoms with Gasteiger partial charge in [0.25, 0.3) is 0 Å². The van der Waals surface area contributed by atoms with Crippen LogP contribution in [0.1, 0.15) is 59.3 Å². The maximum absolute atomic E-state index is 12.1. The van der Waals surface area contributed by atoms with E-state index in [-0.39, 0.29) is 30.2 Å². The van der Waals surface area contributed by atoms with E-state index in [9.17, 15) is 9.59 Å². The zero-order valence-electron chi connectivity index (χ0n) is 15.4. The number of likely N-dealkylation sites (tertiary alicyclic amines) is 1. The third-order valence-electron chi connectivity index (χ3n) is 4.69. The van der Waals surface area contributed by atoms with Crippen LogP contribution >= 0.6 is 0 Å². The van der Waals surface area contributed by atoms with E-state index in [1.54, 1.807) is 4.90 Å². The quantitative estimate of drug-likeness (QED) is 0.738. The van der Waals surface area contributed by atoms with E-state index >= 15 is 0 Å². The number of rotatable bonds is 3. The first-order chi connectivity index (χ1) is 11.3. The molecule has 1 aliphatic heterocycles. The summed E-state index contributed by atoms with van der Waals surface area (Å²) >= 11 is 0. The van der Waals surface area contributed by atoms with Gasteiger partial charge in [0, 0.05) is 13.1 Å². The van der Waals surface area contributed by atoms with Crippen molar-refractivity contribution in [3.63, 3.8) is 0 Å². The summed E-state index contributed by atoms with van der Waals surface area (Å²) in [5.74, 6) is -0.0667. The largest absolute Gasteiger partial charge is 0.469 e. The molecule has 0 bridgehead atoms. The van der Waals surface area contributed by atoms with Gasteiger partial charge in [-0.15, -0.1) is 0 Å². The number of carbonyl (C=O) groups is 2. The van der Waals surface area contributed by atoms with Crippen LogP contribution in [0.5, 0.6) is 0 Å². The lowest BCUT2D eigenvalue weighted by molar-refractivity contribution is -0.148. The summed E-state index contributed by atoms with van der Waals surface area (Å²) in [6, 6.07) is 0. The first-order valence-electron chi connectivity index (χ1n) is 8.99. The molecule has 1 saturated carbocycles. The molecule has 1 saturated heterocycles. The highest BCUT2D eigenvalue weighted by molar-refractivity contribution is 5.72. The summed E-state index contributed by atoms with van der Waals surface area (Å²) in [5, 5.41) is 0. The van der Waals surface area contributed by atoms with Crippen molar-refractivity contribution in [1.29, 1.82) is 0 Å². The van der Waals surface area contributed by atoms with Gasteiger partial charge in [-0.1, -0.05) is 0 Å². The van der Waals surface area contributed by atoms with Gasteiger partial charge in [-0.05, 0) is 59.3 Å². The van der Waals surface area contributed by atoms with Crippen LogP contribution < -0.4 is 0 Å². The topological polar surface area (TPSA) is 65.1 Å². The molecule has 2 fully saturated rings. The Kier molecular flexibility index (Phi) is 6.49. The SMILES string of the molecule is COC(=O)C1CCC(OC2CCN(C(=O)OC(C)(C)C)CC2)CC1. The van der Waals surface area contributed by atoms with Crippen molar-refractivity contribution in [3.05, 3.63) is 0 Å². The Morgan fingerprint density at radius 1 is 0.917 bits per heavy atom. The molecule has 138 valence electrons. The minimum atomic E-state index is -0.456. The van der Waals surface area contributed by atoms with E-state index in [4.69, 9.17) is 14.2 Å². The summed E-state index contributed by atoms with van der Waals surface area (Å²) in [6.45, 7) is 7.00. The fourth-order valence-corrected chi connectivity index (χ4v) is 3.37. The Labute approximate surface area is 144 Å². The number of esters is 1. The number of amides is 1. The maximum Gasteiger partial charge on any atom is 0.410 e. The molecule has 2 aliphatic rings. The average molecular weight is 341 g/mol. The molecule has 0 unspecified atom stereocenters. The maximum atomic E-state index is 12.1. The molecule has 0 atom stereocenters. The molecule has 0 aromatic rings. The van der Waals surface area contributed by atoms with Crippen LogP contribution in [0, 0.1) is 5.92 Å². The lowest BCUT2D eigenvalue weighted by atomic mass is 9.87. The van der Waals surface area contributed by atoms with Crippen molar-refractivity contribution in [3.8, 4) is 0 Å². The van der Waals surface area contributed by atoms with Crippen molar-refractivity contribution < 1.29 is 23.8 Å². The normalized spacial score (nSPS) is 26.1. The molecule has 1 aliphatic carbocycles. The smallest absolute Gasteiger partial charge is 0.410 e. The van der Waals surface area contributed by atoms with Gasteiger partial charge in [0.2, 0.25) is 0 Å². The Bertz CT molecular complexity index is 429. The molecule has 0 aromatic heterocycles. The van der Waals surface area contributed by atoms with Crippen molar-refractivity contribution in [1.82, 2.24) is 4.90 Å². The van der Waals surface area contributed by atoms with E-state index in [1.165, 1.54) is 7.11 Å². The van der Waals surface area contributed by atoms with Crippen molar-refractivity contribution >= 4 is 12.1 Å². The Morgan fingerprint density at radius 3 is 1.96 bits per heavy atom. The van der Waals surface area contributed by atoms with Gasteiger partial charge in [0.1, 0.15) is 5.60 Å². The highest BCUT2D eigenvalue weighted by atomic mass is 16.6. The van der Waals surface area contributed by atoms with Crippen LogP contribution in [-0.4, -0.2) is 55.0 Å². The number of methoxy groups -OCH3 is 1. The van der Waals surface area contributed by atoms with Crippen molar-refractivity contribution in [2.75, 3.05) is 20.2 Å². The predicted molar refractivity (Wildman–Crippen MR) is 89.7 cm³/mol. The second kappa shape index (κ2) is 8.19. The van der Waals surface area contributed by atoms with Gasteiger partial charge in [-0.3, -0.25) is 4.79 Å². The molecular formula is C18H31NO5. The minimum absolute atomic E-state index is 0.0314. The number of carbonyl (C=O) groups excluding carboxylic acids is 2. The summed E-state index contributed by atoms with van der Waals surface area (Å²) in [6.07, 6.45) is 5.37. The average Bonchev–Trinajstić information content (AvgIpc) is 2.54. The molecule has 0 aromatic carbocycles. The third kappa shape index (κ3) is 5.65. The highest BCUT2D eigenvalue weighted by Gasteiger charge is 2.31. The minimum Gasteiger partial charge on any atom is -0.469 e. The number of hydrogen-bond donors (Lipinski definition) is 0. The lowest BCUT2D eigenvalue weighted by Gasteiger charge is -2.36. The second-order valence-electron chi connectivity index (χ2n) is 7.80. The van der Waals surface area contributed by atoms with Crippen LogP contribution in [0.4, 0.5) is 4.79 Å². The first kappa shape index (κ1) is 19.0. The molecule has 1 amide bonds. The van der Waals surface area contributed by atoms with Crippen LogP contribution in [0.2, 0.25) is 0 Å². The number of ether oxygens (including phenoxy) is 3. The van der Waals surface area contributed by atoms with E-state index in [1.807, 2.05) is 20.8 Å². The van der Waals surface area contributed by atoms with E-state index in [2.05, 4.69) is 0 Å². The number of nitrogens with zero attached hydrogens (tertiary/aromatic N) is 1. The Morgan fingerprint density at radius 2 is 1.46 bits per heavy atom. The van der Waals surface area contributed by atoms with Crippen LogP contribution in [0.15, 0.2) is 0 Å². The fraction of sp³-hybridized carbons (Fsp3) is 0.889. The third-order valence-corrected chi connectivity index (χ3v) is 4.69. The lowest BCUT2D eigenvalue weighted by Crippen LogP contribution is -2.44. The zero-order chi connectivity index (χ0) is 17.7. The van der Waals surface area contributed by atoms with Gasteiger partial charge >= 0.3 is 12.1 Å². The van der Waals surface area contributed by atoms with Crippen molar-refractivity contribution in [2.45, 2.75) is 77.1 Å². The van der Waals surface area contributed by atoms with Gasteiger partial charge in [0.05, 0.1) is 25.2 Å². The van der Waals surface area contributed by atoms with Gasteiger partial charge < -0.3 is 19.1 Å². The first-order valence-corrected chi connectivity index (χ1v) is 8.99. The molecule has 1 heterocycles. The van der Waals surface area contributed by atoms with E-state index < -0.39 is 5.60 Å². The molecule has 6 heteroatoms. The monoisotopic (exact) mass is 341 g/mol. The zero-order valence-corrected chi connectivity index (χ0v) is 15.4. The molecule has 24 heavy (non-hydrogen) atoms. The van der Waals surface area contributed by atoms with Gasteiger partial charge in [-0.2, -0.15) is 0 Å². The Hall–Kier alpha value is -1.30. The molecule has 0 radical (unpaired) electrons. The standard InChI is InChI=1S/C18H31NO5/c1-18(2,3)24-17(21)19-11-9-15(10-12-19)23-14-7-5-13(6-8-14)16(20)22-4/h13-15H,5-12H2,1-4H3. The molecule has 6 nitrogen and oxygen atoms in total. The summed E-state index contributed by atoms with van der Waals surface area (Å²) < 4.78 is 16.4. The van der Waals surface area contributed by atoms with Crippen LogP contribution in [0.25, 0.3) is 0 Å². The molecule has 2 rings (SSSR count). The number of piperidine rings is 1. The van der Waals surface area contributed by atoms with Gasteiger partial charge in [-0.25, -0.2) is 4.79 Å². The summed E-state index contributed by atoms with van der Waals surface area (Å²) in [7, 11) is 1.45. The molecule has 0 spiro atoms. The van der Waals surface area contributed by atoms with Crippen LogP contribution in [-0.2, 0) is 19.0 Å². The van der Waals surface area contributed by atoms with Crippen molar-refractivity contribution in [2.24, 2.45) is 5.92 Å². The van der Waals surface area contributed by atoms with E-state index in [0.29, 0.717) is 13.1 Å². The van der Waals surface area contributed by atoms with E-state index in [0.717, 1.165) is 38.5 Å². The summed E-state index contributed by atoms with van der Waals surface area (Å²) in [5.41, 5.74) is -0.456.